The summed E-state index contributed by atoms with van der Waals surface area (Å²) >= 11 is 12.5. The zero-order valence-corrected chi connectivity index (χ0v) is 20.3. The van der Waals surface area contributed by atoms with Crippen LogP contribution >= 0.6 is 23.2 Å². The van der Waals surface area contributed by atoms with E-state index in [1.54, 1.807) is 36.9 Å². The van der Waals surface area contributed by atoms with Crippen LogP contribution in [0.4, 0.5) is 0 Å². The Bertz CT molecular complexity index is 1030. The lowest BCUT2D eigenvalue weighted by Crippen LogP contribution is -2.59. The molecule has 2 aromatic rings. The van der Waals surface area contributed by atoms with Crippen LogP contribution in [0, 0.1) is 11.3 Å². The number of nitrogens with zero attached hydrogens (tertiary/aromatic N) is 1. The third-order valence-corrected chi connectivity index (χ3v) is 7.54. The standard InChI is InChI=1S/C26H29Cl2NO4/c1-15(30)23(16-6-7-16)29-24(17-8-10-19(27)11-9-17)21(18-4-3-5-20(28)12-18)13-26(2,25(29)33)14-22(31)32/h3-5,8-12,15-16,21,23-24,30H,6-7,13-14H2,1-2H3,(H,31,32)/t15?,21?,23?,24-,26-/m1/s1. The molecule has 33 heavy (non-hydrogen) atoms. The van der Waals surface area contributed by atoms with Crippen molar-refractivity contribution in [3.05, 3.63) is 69.7 Å². The highest BCUT2D eigenvalue weighted by Crippen LogP contribution is 2.54. The number of rotatable bonds is 7. The minimum Gasteiger partial charge on any atom is -0.481 e. The van der Waals surface area contributed by atoms with Crippen molar-refractivity contribution in [1.29, 1.82) is 0 Å². The van der Waals surface area contributed by atoms with Gasteiger partial charge in [-0.15, -0.1) is 0 Å². The van der Waals surface area contributed by atoms with Crippen LogP contribution in [0.5, 0.6) is 0 Å². The van der Waals surface area contributed by atoms with E-state index in [1.165, 1.54) is 0 Å². The smallest absolute Gasteiger partial charge is 0.304 e. The first-order valence-electron chi connectivity index (χ1n) is 11.3. The molecule has 1 heterocycles. The van der Waals surface area contributed by atoms with Crippen LogP contribution in [0.3, 0.4) is 0 Å². The number of aliphatic hydroxyl groups is 1. The van der Waals surface area contributed by atoms with Gasteiger partial charge in [0.1, 0.15) is 0 Å². The molecule has 176 valence electrons. The molecule has 3 unspecified atom stereocenters. The fraction of sp³-hybridized carbons (Fsp3) is 0.462. The van der Waals surface area contributed by atoms with E-state index in [1.807, 2.05) is 30.3 Å². The monoisotopic (exact) mass is 489 g/mol. The lowest BCUT2D eigenvalue weighted by molar-refractivity contribution is -0.164. The summed E-state index contributed by atoms with van der Waals surface area (Å²) in [4.78, 5) is 27.7. The van der Waals surface area contributed by atoms with Crippen molar-refractivity contribution in [1.82, 2.24) is 4.90 Å². The number of aliphatic carboxylic acids is 1. The van der Waals surface area contributed by atoms with Gasteiger partial charge >= 0.3 is 5.97 Å². The summed E-state index contributed by atoms with van der Waals surface area (Å²) in [6.45, 7) is 3.45. The quantitative estimate of drug-likeness (QED) is 0.523. The molecular weight excluding hydrogens is 461 g/mol. The van der Waals surface area contributed by atoms with E-state index in [9.17, 15) is 19.8 Å². The van der Waals surface area contributed by atoms with Gasteiger partial charge in [0.25, 0.3) is 0 Å². The van der Waals surface area contributed by atoms with Gasteiger partial charge in [-0.1, -0.05) is 54.4 Å². The predicted molar refractivity (Wildman–Crippen MR) is 128 cm³/mol. The largest absolute Gasteiger partial charge is 0.481 e. The van der Waals surface area contributed by atoms with Gasteiger partial charge in [-0.3, -0.25) is 9.59 Å². The SMILES string of the molecule is CC(O)C(C1CC1)N1C(=O)[C@@](C)(CC(=O)O)CC(c2cccc(Cl)c2)[C@H]1c1ccc(Cl)cc1. The van der Waals surface area contributed by atoms with Crippen LogP contribution in [0.15, 0.2) is 48.5 Å². The van der Waals surface area contributed by atoms with E-state index in [0.29, 0.717) is 16.5 Å². The van der Waals surface area contributed by atoms with Gasteiger partial charge in [0.2, 0.25) is 5.91 Å². The van der Waals surface area contributed by atoms with E-state index in [-0.39, 0.29) is 30.2 Å². The second-order valence-corrected chi connectivity index (χ2v) is 10.6. The summed E-state index contributed by atoms with van der Waals surface area (Å²) in [6, 6.07) is 14.2. The predicted octanol–water partition coefficient (Wildman–Crippen LogP) is 5.69. The van der Waals surface area contributed by atoms with Crippen LogP contribution < -0.4 is 0 Å². The van der Waals surface area contributed by atoms with Crippen LogP contribution in [-0.4, -0.2) is 39.1 Å². The van der Waals surface area contributed by atoms with Gasteiger partial charge in [0.15, 0.2) is 0 Å². The average Bonchev–Trinajstić information content (AvgIpc) is 3.56. The first-order valence-corrected chi connectivity index (χ1v) is 12.1. The Hall–Kier alpha value is -2.08. The molecule has 2 aliphatic rings. The molecule has 4 rings (SSSR count). The maximum Gasteiger partial charge on any atom is 0.304 e. The molecule has 0 spiro atoms. The molecule has 1 aliphatic carbocycles. The van der Waals surface area contributed by atoms with Crippen molar-refractivity contribution in [2.24, 2.45) is 11.3 Å². The molecule has 1 saturated heterocycles. The minimum atomic E-state index is -1.11. The van der Waals surface area contributed by atoms with Gasteiger partial charge in [-0.25, -0.2) is 0 Å². The van der Waals surface area contributed by atoms with Gasteiger partial charge in [0.05, 0.1) is 30.0 Å². The van der Waals surface area contributed by atoms with E-state index in [4.69, 9.17) is 23.2 Å². The molecule has 5 nitrogen and oxygen atoms in total. The molecule has 0 aromatic heterocycles. The number of benzene rings is 2. The molecule has 1 amide bonds. The van der Waals surface area contributed by atoms with Crippen molar-refractivity contribution in [3.63, 3.8) is 0 Å². The van der Waals surface area contributed by atoms with Crippen LogP contribution in [0.1, 0.15) is 62.6 Å². The number of likely N-dealkylation sites (tertiary alicyclic amines) is 1. The Balaban J connectivity index is 1.92. The number of carboxylic acid groups (broad SMARTS) is 1. The van der Waals surface area contributed by atoms with E-state index < -0.39 is 23.5 Å². The maximum atomic E-state index is 14.1. The number of piperidine rings is 1. The van der Waals surface area contributed by atoms with E-state index in [2.05, 4.69) is 0 Å². The summed E-state index contributed by atoms with van der Waals surface area (Å²) in [5, 5.41) is 21.6. The maximum absolute atomic E-state index is 14.1. The molecule has 0 bridgehead atoms. The van der Waals surface area contributed by atoms with Crippen LogP contribution in [0.2, 0.25) is 10.0 Å². The van der Waals surface area contributed by atoms with E-state index in [0.717, 1.165) is 24.0 Å². The lowest BCUT2D eigenvalue weighted by atomic mass is 9.66. The number of halogens is 2. The highest BCUT2D eigenvalue weighted by atomic mass is 35.5. The molecule has 7 heteroatoms. The Kier molecular flexibility index (Phi) is 6.77. The van der Waals surface area contributed by atoms with E-state index >= 15 is 0 Å². The normalized spacial score (nSPS) is 27.3. The van der Waals surface area contributed by atoms with Crippen LogP contribution in [0.25, 0.3) is 0 Å². The van der Waals surface area contributed by atoms with Crippen molar-refractivity contribution >= 4 is 35.1 Å². The number of carbonyl (C=O) groups is 2. The van der Waals surface area contributed by atoms with Crippen molar-refractivity contribution in [2.75, 3.05) is 0 Å². The van der Waals surface area contributed by atoms with Gasteiger partial charge in [0, 0.05) is 16.0 Å². The first kappa shape index (κ1) is 24.1. The van der Waals surface area contributed by atoms with Crippen LogP contribution in [-0.2, 0) is 9.59 Å². The molecular formula is C26H29Cl2NO4. The average molecular weight is 490 g/mol. The molecule has 1 saturated carbocycles. The molecule has 2 N–H and O–H groups in total. The fourth-order valence-electron chi connectivity index (χ4n) is 5.50. The third kappa shape index (κ3) is 4.91. The summed E-state index contributed by atoms with van der Waals surface area (Å²) in [5.41, 5.74) is 0.738. The topological polar surface area (TPSA) is 77.8 Å². The van der Waals surface area contributed by atoms with Gasteiger partial charge < -0.3 is 15.1 Å². The van der Waals surface area contributed by atoms with Crippen molar-refractivity contribution in [3.8, 4) is 0 Å². The fourth-order valence-corrected chi connectivity index (χ4v) is 5.82. The number of hydrogen-bond acceptors (Lipinski definition) is 3. The zero-order valence-electron chi connectivity index (χ0n) is 18.7. The Morgan fingerprint density at radius 2 is 1.79 bits per heavy atom. The summed E-state index contributed by atoms with van der Waals surface area (Å²) < 4.78 is 0. The first-order chi connectivity index (χ1) is 15.6. The number of hydrogen-bond donors (Lipinski definition) is 2. The van der Waals surface area contributed by atoms with Gasteiger partial charge in [-0.2, -0.15) is 0 Å². The minimum absolute atomic E-state index is 0.191. The molecule has 2 fully saturated rings. The second kappa shape index (κ2) is 9.28. The molecule has 5 atom stereocenters. The number of aliphatic hydroxyl groups excluding tert-OH is 1. The second-order valence-electron chi connectivity index (χ2n) is 9.77. The number of carboxylic acids is 1. The summed E-state index contributed by atoms with van der Waals surface area (Å²) in [5.74, 6) is -1.25. The van der Waals surface area contributed by atoms with Crippen molar-refractivity contribution in [2.45, 2.75) is 63.6 Å². The molecule has 1 aliphatic heterocycles. The summed E-state index contributed by atoms with van der Waals surface area (Å²) in [6.07, 6.45) is 1.21. The Morgan fingerprint density at radius 3 is 2.33 bits per heavy atom. The number of carbonyl (C=O) groups excluding carboxylic acids is 1. The highest BCUT2D eigenvalue weighted by molar-refractivity contribution is 6.30. The highest BCUT2D eigenvalue weighted by Gasteiger charge is 2.55. The van der Waals surface area contributed by atoms with Gasteiger partial charge in [-0.05, 0) is 67.5 Å². The summed E-state index contributed by atoms with van der Waals surface area (Å²) in [7, 11) is 0. The van der Waals surface area contributed by atoms with Crippen molar-refractivity contribution < 1.29 is 19.8 Å². The zero-order chi connectivity index (χ0) is 23.9. The molecule has 2 aromatic carbocycles. The number of amides is 1. The molecule has 0 radical (unpaired) electrons. The Morgan fingerprint density at radius 1 is 1.12 bits per heavy atom. The lowest BCUT2D eigenvalue weighted by Gasteiger charge is -2.52. The third-order valence-electron chi connectivity index (χ3n) is 7.05. The Labute approximate surface area is 204 Å².